The Kier molecular flexibility index (Phi) is 7.06. The normalized spacial score (nSPS) is 15.7. The largest absolute Gasteiger partial charge is 0.343 e. The summed E-state index contributed by atoms with van der Waals surface area (Å²) in [5.74, 6) is -0.958. The van der Waals surface area contributed by atoms with Crippen molar-refractivity contribution in [3.63, 3.8) is 0 Å². The number of nitrogens with zero attached hydrogens (tertiary/aromatic N) is 2. The fourth-order valence-electron chi connectivity index (χ4n) is 3.15. The molecule has 144 valence electrons. The molecule has 0 saturated carbocycles. The first kappa shape index (κ1) is 20.7. The van der Waals surface area contributed by atoms with Crippen molar-refractivity contribution in [1.82, 2.24) is 9.80 Å². The summed E-state index contributed by atoms with van der Waals surface area (Å²) in [6, 6.07) is 5.78. The van der Waals surface area contributed by atoms with Gasteiger partial charge in [0.25, 0.3) is 0 Å². The lowest BCUT2D eigenvalue weighted by Gasteiger charge is -2.33. The zero-order chi connectivity index (χ0) is 19.3. The maximum atomic E-state index is 12.4. The van der Waals surface area contributed by atoms with Gasteiger partial charge in [0, 0.05) is 37.1 Å². The Labute approximate surface area is 160 Å². The van der Waals surface area contributed by atoms with Crippen molar-refractivity contribution in [2.45, 2.75) is 31.6 Å². The lowest BCUT2D eigenvalue weighted by atomic mass is 9.95. The second-order valence-electron chi connectivity index (χ2n) is 6.38. The summed E-state index contributed by atoms with van der Waals surface area (Å²) in [5, 5.41) is 0.440. The first-order chi connectivity index (χ1) is 12.3. The lowest BCUT2D eigenvalue weighted by molar-refractivity contribution is -0.139. The summed E-state index contributed by atoms with van der Waals surface area (Å²) in [6.07, 6.45) is 1.14. The molecule has 2 amide bonds. The maximum absolute atomic E-state index is 12.4. The number of sulfone groups is 1. The first-order valence-electron chi connectivity index (χ1n) is 8.83. The Morgan fingerprint density at radius 1 is 1.12 bits per heavy atom. The highest BCUT2D eigenvalue weighted by atomic mass is 35.5. The molecule has 0 N–H and O–H groups in total. The van der Waals surface area contributed by atoms with Crippen molar-refractivity contribution in [2.24, 2.45) is 5.92 Å². The van der Waals surface area contributed by atoms with E-state index in [1.807, 2.05) is 13.8 Å². The van der Waals surface area contributed by atoms with Crippen LogP contribution in [0.2, 0.25) is 5.02 Å². The molecule has 1 aliphatic heterocycles. The van der Waals surface area contributed by atoms with Gasteiger partial charge >= 0.3 is 0 Å². The Hall–Kier alpha value is -1.60. The van der Waals surface area contributed by atoms with Crippen LogP contribution in [-0.4, -0.2) is 62.0 Å². The average molecular weight is 401 g/mol. The molecule has 1 saturated heterocycles. The molecule has 8 heteroatoms. The van der Waals surface area contributed by atoms with E-state index in [9.17, 15) is 18.0 Å². The fourth-order valence-corrected chi connectivity index (χ4v) is 4.50. The van der Waals surface area contributed by atoms with Crippen LogP contribution in [0.3, 0.4) is 0 Å². The Morgan fingerprint density at radius 2 is 1.65 bits per heavy atom. The van der Waals surface area contributed by atoms with E-state index < -0.39 is 21.5 Å². The van der Waals surface area contributed by atoms with E-state index in [4.69, 9.17) is 11.6 Å². The van der Waals surface area contributed by atoms with Crippen LogP contribution >= 0.6 is 11.6 Å². The molecule has 0 atom stereocenters. The van der Waals surface area contributed by atoms with Gasteiger partial charge in [-0.25, -0.2) is 8.42 Å². The van der Waals surface area contributed by atoms with Crippen LogP contribution in [0.4, 0.5) is 0 Å². The van der Waals surface area contributed by atoms with E-state index in [1.54, 1.807) is 9.80 Å². The molecule has 26 heavy (non-hydrogen) atoms. The SMILES string of the molecule is CCN(CC)C(=O)C1CCN(C(=O)CS(=O)(=O)c2ccc(Cl)cc2)CC1. The smallest absolute Gasteiger partial charge is 0.238 e. The van der Waals surface area contributed by atoms with E-state index in [2.05, 4.69) is 0 Å². The molecular formula is C18H25ClN2O4S. The molecule has 1 aromatic carbocycles. The third-order valence-electron chi connectivity index (χ3n) is 4.76. The fraction of sp³-hybridized carbons (Fsp3) is 0.556. The highest BCUT2D eigenvalue weighted by Gasteiger charge is 2.31. The van der Waals surface area contributed by atoms with Crippen molar-refractivity contribution in [3.8, 4) is 0 Å². The zero-order valence-electron chi connectivity index (χ0n) is 15.2. The third kappa shape index (κ3) is 4.98. The minimum atomic E-state index is -3.70. The predicted molar refractivity (Wildman–Crippen MR) is 101 cm³/mol. The van der Waals surface area contributed by atoms with Crippen LogP contribution in [-0.2, 0) is 19.4 Å². The highest BCUT2D eigenvalue weighted by molar-refractivity contribution is 7.92. The van der Waals surface area contributed by atoms with Crippen molar-refractivity contribution in [2.75, 3.05) is 31.9 Å². The summed E-state index contributed by atoms with van der Waals surface area (Å²) in [6.45, 7) is 6.06. The van der Waals surface area contributed by atoms with Gasteiger partial charge in [0.15, 0.2) is 9.84 Å². The molecule has 0 spiro atoms. The van der Waals surface area contributed by atoms with Gasteiger partial charge in [-0.15, -0.1) is 0 Å². The van der Waals surface area contributed by atoms with Crippen LogP contribution in [0.1, 0.15) is 26.7 Å². The number of benzene rings is 1. The number of carbonyl (C=O) groups excluding carboxylic acids is 2. The van der Waals surface area contributed by atoms with E-state index in [-0.39, 0.29) is 16.7 Å². The number of likely N-dealkylation sites (tertiary alicyclic amines) is 1. The van der Waals surface area contributed by atoms with Crippen LogP contribution in [0.25, 0.3) is 0 Å². The molecule has 6 nitrogen and oxygen atoms in total. The first-order valence-corrected chi connectivity index (χ1v) is 10.9. The Morgan fingerprint density at radius 3 is 2.15 bits per heavy atom. The van der Waals surface area contributed by atoms with Gasteiger partial charge in [-0.1, -0.05) is 11.6 Å². The summed E-state index contributed by atoms with van der Waals surface area (Å²) < 4.78 is 24.8. The molecule has 1 aliphatic rings. The van der Waals surface area contributed by atoms with Crippen LogP contribution < -0.4 is 0 Å². The standard InChI is InChI=1S/C18H25ClN2O4S/c1-3-20(4-2)18(23)14-9-11-21(12-10-14)17(22)13-26(24,25)16-7-5-15(19)6-8-16/h5-8,14H,3-4,9-13H2,1-2H3. The van der Waals surface area contributed by atoms with Gasteiger partial charge in [0.1, 0.15) is 5.75 Å². The lowest BCUT2D eigenvalue weighted by Crippen LogP contribution is -2.45. The predicted octanol–water partition coefficient (Wildman–Crippen LogP) is 2.22. The van der Waals surface area contributed by atoms with Gasteiger partial charge in [0.05, 0.1) is 4.90 Å². The number of rotatable bonds is 6. The average Bonchev–Trinajstić information content (AvgIpc) is 2.62. The topological polar surface area (TPSA) is 74.8 Å². The minimum Gasteiger partial charge on any atom is -0.343 e. The molecule has 2 rings (SSSR count). The van der Waals surface area contributed by atoms with Gasteiger partial charge in [-0.05, 0) is 51.0 Å². The summed E-state index contributed by atoms with van der Waals surface area (Å²) in [7, 11) is -3.70. The van der Waals surface area contributed by atoms with E-state index >= 15 is 0 Å². The minimum absolute atomic E-state index is 0.0850. The van der Waals surface area contributed by atoms with Crippen molar-refractivity contribution in [3.05, 3.63) is 29.3 Å². The summed E-state index contributed by atoms with van der Waals surface area (Å²) in [5.41, 5.74) is 0. The summed E-state index contributed by atoms with van der Waals surface area (Å²) in [4.78, 5) is 28.2. The maximum Gasteiger partial charge on any atom is 0.238 e. The second-order valence-corrected chi connectivity index (χ2v) is 8.80. The van der Waals surface area contributed by atoms with E-state index in [1.165, 1.54) is 24.3 Å². The highest BCUT2D eigenvalue weighted by Crippen LogP contribution is 2.21. The molecule has 0 radical (unpaired) electrons. The molecule has 1 heterocycles. The third-order valence-corrected chi connectivity index (χ3v) is 6.63. The van der Waals surface area contributed by atoms with Crippen LogP contribution in [0.5, 0.6) is 0 Å². The number of piperidine rings is 1. The number of amides is 2. The van der Waals surface area contributed by atoms with Gasteiger partial charge in [-0.3, -0.25) is 9.59 Å². The molecule has 1 aromatic rings. The summed E-state index contributed by atoms with van der Waals surface area (Å²) >= 11 is 5.77. The van der Waals surface area contributed by atoms with Crippen molar-refractivity contribution < 1.29 is 18.0 Å². The molecule has 0 unspecified atom stereocenters. The van der Waals surface area contributed by atoms with Crippen molar-refractivity contribution >= 4 is 33.3 Å². The second kappa shape index (κ2) is 8.86. The number of carbonyl (C=O) groups is 2. The number of hydrogen-bond donors (Lipinski definition) is 0. The van der Waals surface area contributed by atoms with Gasteiger partial charge in [0.2, 0.25) is 11.8 Å². The van der Waals surface area contributed by atoms with E-state index in [0.29, 0.717) is 44.0 Å². The molecule has 0 bridgehead atoms. The van der Waals surface area contributed by atoms with Gasteiger partial charge in [-0.2, -0.15) is 0 Å². The number of hydrogen-bond acceptors (Lipinski definition) is 4. The molecule has 0 aromatic heterocycles. The molecule has 0 aliphatic carbocycles. The number of halogens is 1. The Bertz CT molecular complexity index is 737. The van der Waals surface area contributed by atoms with Crippen LogP contribution in [0.15, 0.2) is 29.2 Å². The van der Waals surface area contributed by atoms with Crippen LogP contribution in [0, 0.1) is 5.92 Å². The van der Waals surface area contributed by atoms with Gasteiger partial charge < -0.3 is 9.80 Å². The van der Waals surface area contributed by atoms with Crippen molar-refractivity contribution in [1.29, 1.82) is 0 Å². The molecular weight excluding hydrogens is 376 g/mol. The Balaban J connectivity index is 1.94. The molecule has 1 fully saturated rings. The monoisotopic (exact) mass is 400 g/mol. The van der Waals surface area contributed by atoms with E-state index in [0.717, 1.165) is 0 Å². The zero-order valence-corrected chi connectivity index (χ0v) is 16.7. The quantitative estimate of drug-likeness (QED) is 0.733.